The number of para-hydroxylation sites is 1. The average molecular weight is 551 g/mol. The van der Waals surface area contributed by atoms with Gasteiger partial charge in [0, 0.05) is 35.8 Å². The molecule has 1 aliphatic heterocycles. The number of ketones is 1. The molecule has 0 aliphatic carbocycles. The second-order valence-electron chi connectivity index (χ2n) is 9.55. The van der Waals surface area contributed by atoms with E-state index in [0.29, 0.717) is 46.6 Å². The number of nitrogens with one attached hydrogen (secondary N) is 1. The van der Waals surface area contributed by atoms with Crippen LogP contribution in [0.3, 0.4) is 0 Å². The molecule has 196 valence electrons. The van der Waals surface area contributed by atoms with Crippen LogP contribution in [0.15, 0.2) is 66.7 Å². The molecule has 9 heteroatoms. The molecule has 1 atom stereocenters. The Morgan fingerprint density at radius 1 is 0.974 bits per heavy atom. The third-order valence-electron chi connectivity index (χ3n) is 7.09. The quantitative estimate of drug-likeness (QED) is 0.301. The normalized spacial score (nSPS) is 15.6. The van der Waals surface area contributed by atoms with Gasteiger partial charge in [-0.2, -0.15) is 0 Å². The van der Waals surface area contributed by atoms with E-state index in [4.69, 9.17) is 33.3 Å². The average Bonchev–Trinajstić information content (AvgIpc) is 3.20. The number of rotatable bonds is 7. The summed E-state index contributed by atoms with van der Waals surface area (Å²) in [5, 5.41) is 10.1. The third kappa shape index (κ3) is 5.22. The van der Waals surface area contributed by atoms with Gasteiger partial charge in [0.15, 0.2) is 5.78 Å². The Morgan fingerprint density at radius 2 is 1.68 bits per heavy atom. The first kappa shape index (κ1) is 26.1. The minimum Gasteiger partial charge on any atom is -0.497 e. The highest BCUT2D eigenvalue weighted by molar-refractivity contribution is 6.35. The van der Waals surface area contributed by atoms with Gasteiger partial charge in [0.2, 0.25) is 5.62 Å². The smallest absolute Gasteiger partial charge is 0.253 e. The van der Waals surface area contributed by atoms with E-state index < -0.39 is 0 Å². The van der Waals surface area contributed by atoms with Crippen LogP contribution in [0.4, 0.5) is 0 Å². The summed E-state index contributed by atoms with van der Waals surface area (Å²) in [7, 11) is 1.60. The Morgan fingerprint density at radius 3 is 2.39 bits per heavy atom. The number of nitrogens with zero attached hydrogens (tertiary/aromatic N) is 3. The van der Waals surface area contributed by atoms with Crippen molar-refractivity contribution in [1.82, 2.24) is 14.0 Å². The van der Waals surface area contributed by atoms with Crippen molar-refractivity contribution in [3.05, 3.63) is 93.5 Å². The standard InChI is InChI=1S/C29H28Cl2N4O3/c1-38-23-13-9-21(10-14-23)28(37)33-15-3-4-19(16-33)17-35-27-24(31)5-2-6-25(27)34(29(35)32)18-26(36)20-7-11-22(30)12-8-20/h2,5-14,19,32H,3-4,15-18H2,1H3. The van der Waals surface area contributed by atoms with Crippen molar-refractivity contribution in [2.24, 2.45) is 5.92 Å². The number of hydrogen-bond donors (Lipinski definition) is 1. The lowest BCUT2D eigenvalue weighted by atomic mass is 9.97. The largest absolute Gasteiger partial charge is 0.497 e. The zero-order valence-corrected chi connectivity index (χ0v) is 22.5. The summed E-state index contributed by atoms with van der Waals surface area (Å²) in [6.07, 6.45) is 1.81. The second-order valence-corrected chi connectivity index (χ2v) is 10.4. The molecule has 0 bridgehead atoms. The summed E-state index contributed by atoms with van der Waals surface area (Å²) in [6, 6.07) is 19.4. The van der Waals surface area contributed by atoms with Gasteiger partial charge < -0.3 is 18.8 Å². The van der Waals surface area contributed by atoms with Crippen LogP contribution in [-0.2, 0) is 13.1 Å². The molecular weight excluding hydrogens is 523 g/mol. The predicted octanol–water partition coefficient (Wildman–Crippen LogP) is 5.67. The SMILES string of the molecule is COc1ccc(C(=O)N2CCCC(Cn3c(=N)n(CC(=O)c4ccc(Cl)cc4)c4cccc(Cl)c43)C2)cc1. The maximum Gasteiger partial charge on any atom is 0.253 e. The number of benzene rings is 3. The maximum absolute atomic E-state index is 13.2. The van der Waals surface area contributed by atoms with Gasteiger partial charge in [0.25, 0.3) is 5.91 Å². The summed E-state index contributed by atoms with van der Waals surface area (Å²) in [4.78, 5) is 28.1. The Bertz CT molecular complexity index is 1540. The van der Waals surface area contributed by atoms with E-state index >= 15 is 0 Å². The first-order valence-corrected chi connectivity index (χ1v) is 13.3. The number of ether oxygens (including phenoxy) is 1. The molecular formula is C29H28Cl2N4O3. The monoisotopic (exact) mass is 550 g/mol. The minimum absolute atomic E-state index is 0.0110. The Hall–Kier alpha value is -3.55. The second kappa shape index (κ2) is 11.1. The number of imidazole rings is 1. The lowest BCUT2D eigenvalue weighted by Crippen LogP contribution is -2.42. The van der Waals surface area contributed by atoms with E-state index in [9.17, 15) is 9.59 Å². The first-order chi connectivity index (χ1) is 18.4. The van der Waals surface area contributed by atoms with Crippen molar-refractivity contribution in [3.8, 4) is 5.75 Å². The van der Waals surface area contributed by atoms with Gasteiger partial charge in [-0.25, -0.2) is 0 Å². The van der Waals surface area contributed by atoms with E-state index in [0.717, 1.165) is 23.9 Å². The summed E-state index contributed by atoms with van der Waals surface area (Å²) < 4.78 is 8.77. The zero-order valence-electron chi connectivity index (χ0n) is 21.0. The highest BCUT2D eigenvalue weighted by Crippen LogP contribution is 2.27. The minimum atomic E-state index is -0.117. The summed E-state index contributed by atoms with van der Waals surface area (Å²) >= 11 is 12.6. The van der Waals surface area contributed by atoms with Gasteiger partial charge in [0.05, 0.1) is 29.7 Å². The number of likely N-dealkylation sites (tertiary alicyclic amines) is 1. The van der Waals surface area contributed by atoms with E-state index in [-0.39, 0.29) is 29.8 Å². The first-order valence-electron chi connectivity index (χ1n) is 12.5. The van der Waals surface area contributed by atoms with E-state index in [1.165, 1.54) is 0 Å². The number of hydrogen-bond acceptors (Lipinski definition) is 4. The zero-order chi connectivity index (χ0) is 26.8. The van der Waals surface area contributed by atoms with Gasteiger partial charge in [-0.1, -0.05) is 29.3 Å². The molecule has 2 heterocycles. The predicted molar refractivity (Wildman–Crippen MR) is 148 cm³/mol. The molecule has 38 heavy (non-hydrogen) atoms. The van der Waals surface area contributed by atoms with Crippen molar-refractivity contribution >= 4 is 45.9 Å². The molecule has 1 fully saturated rings. The number of amides is 1. The van der Waals surface area contributed by atoms with Gasteiger partial charge in [0.1, 0.15) is 5.75 Å². The Kier molecular flexibility index (Phi) is 7.58. The van der Waals surface area contributed by atoms with Crippen molar-refractivity contribution in [1.29, 1.82) is 5.41 Å². The molecule has 1 unspecified atom stereocenters. The van der Waals surface area contributed by atoms with Crippen molar-refractivity contribution < 1.29 is 14.3 Å². The molecule has 5 rings (SSSR count). The fourth-order valence-corrected chi connectivity index (χ4v) is 5.53. The van der Waals surface area contributed by atoms with Crippen LogP contribution in [0, 0.1) is 11.3 Å². The highest BCUT2D eigenvalue weighted by Gasteiger charge is 2.26. The fourth-order valence-electron chi connectivity index (χ4n) is 5.14. The molecule has 1 aromatic heterocycles. The summed E-state index contributed by atoms with van der Waals surface area (Å²) in [5.74, 6) is 0.721. The molecule has 1 aliphatic rings. The number of Topliss-reactive ketones (excluding diaryl/α,β-unsaturated/α-hetero) is 1. The Balaban J connectivity index is 1.40. The molecule has 0 radical (unpaired) electrons. The molecule has 1 N–H and O–H groups in total. The Labute approximate surface area is 230 Å². The topological polar surface area (TPSA) is 80.3 Å². The van der Waals surface area contributed by atoms with Crippen LogP contribution in [0.1, 0.15) is 33.6 Å². The van der Waals surface area contributed by atoms with Crippen molar-refractivity contribution in [2.75, 3.05) is 20.2 Å². The molecule has 1 amide bonds. The molecule has 0 spiro atoms. The van der Waals surface area contributed by atoms with Gasteiger partial charge >= 0.3 is 0 Å². The molecule has 0 saturated carbocycles. The number of fused-ring (bicyclic) bond motifs is 1. The molecule has 1 saturated heterocycles. The van der Waals surface area contributed by atoms with Crippen LogP contribution >= 0.6 is 23.2 Å². The van der Waals surface area contributed by atoms with Crippen LogP contribution in [-0.4, -0.2) is 45.9 Å². The van der Waals surface area contributed by atoms with E-state index in [2.05, 4.69) is 0 Å². The molecule has 4 aromatic rings. The van der Waals surface area contributed by atoms with Crippen LogP contribution in [0.2, 0.25) is 10.0 Å². The van der Waals surface area contributed by atoms with Gasteiger partial charge in [-0.15, -0.1) is 0 Å². The number of aromatic nitrogens is 2. The van der Waals surface area contributed by atoms with Crippen LogP contribution < -0.4 is 10.4 Å². The lowest BCUT2D eigenvalue weighted by molar-refractivity contribution is 0.0661. The maximum atomic E-state index is 13.2. The number of piperidine rings is 1. The number of halogens is 2. The molecule has 3 aromatic carbocycles. The van der Waals surface area contributed by atoms with Crippen LogP contribution in [0.25, 0.3) is 11.0 Å². The van der Waals surface area contributed by atoms with Crippen LogP contribution in [0.5, 0.6) is 5.75 Å². The van der Waals surface area contributed by atoms with E-state index in [1.54, 1.807) is 66.3 Å². The molecule has 7 nitrogen and oxygen atoms in total. The lowest BCUT2D eigenvalue weighted by Gasteiger charge is -2.33. The summed E-state index contributed by atoms with van der Waals surface area (Å²) in [6.45, 7) is 1.81. The third-order valence-corrected chi connectivity index (χ3v) is 7.65. The number of methoxy groups -OCH3 is 1. The highest BCUT2D eigenvalue weighted by atomic mass is 35.5. The van der Waals surface area contributed by atoms with Crippen molar-refractivity contribution in [3.63, 3.8) is 0 Å². The number of carbonyl (C=O) groups excluding carboxylic acids is 2. The number of carbonyl (C=O) groups is 2. The van der Waals surface area contributed by atoms with Gasteiger partial charge in [-0.05, 0) is 79.4 Å². The van der Waals surface area contributed by atoms with Crippen molar-refractivity contribution in [2.45, 2.75) is 25.9 Å². The summed E-state index contributed by atoms with van der Waals surface area (Å²) in [5.41, 5.74) is 2.81. The van der Waals surface area contributed by atoms with Gasteiger partial charge in [-0.3, -0.25) is 15.0 Å². The fraction of sp³-hybridized carbons (Fsp3) is 0.276. The van der Waals surface area contributed by atoms with E-state index in [1.807, 2.05) is 21.6 Å².